The van der Waals surface area contributed by atoms with Crippen LogP contribution in [0, 0.1) is 0 Å². The number of hydrogen-bond donors (Lipinski definition) is 1. The zero-order chi connectivity index (χ0) is 10.6. The Bertz CT molecular complexity index is 310. The number of nitrogens with zero attached hydrogens (tertiary/aromatic N) is 3. The standard InChI is InChI=1S/C8H14N4O2/c1-4-14-8(13)10-6(2)7-11-9-5-12(7)3/h5-6H,4H2,1-3H3,(H,10,13). The van der Waals surface area contributed by atoms with E-state index < -0.39 is 6.09 Å². The second-order valence-corrected chi connectivity index (χ2v) is 2.89. The van der Waals surface area contributed by atoms with E-state index in [9.17, 15) is 4.79 Å². The van der Waals surface area contributed by atoms with Crippen LogP contribution in [-0.4, -0.2) is 27.5 Å². The van der Waals surface area contributed by atoms with Gasteiger partial charge in [-0.05, 0) is 13.8 Å². The number of carbonyl (C=O) groups is 1. The van der Waals surface area contributed by atoms with E-state index in [4.69, 9.17) is 4.74 Å². The first-order chi connectivity index (χ1) is 6.65. The molecule has 1 rings (SSSR count). The van der Waals surface area contributed by atoms with Gasteiger partial charge in [-0.2, -0.15) is 0 Å². The number of carbonyl (C=O) groups excluding carboxylic acids is 1. The van der Waals surface area contributed by atoms with Gasteiger partial charge in [-0.3, -0.25) is 0 Å². The van der Waals surface area contributed by atoms with Gasteiger partial charge in [0.2, 0.25) is 0 Å². The summed E-state index contributed by atoms with van der Waals surface area (Å²) in [6.07, 6.45) is 1.14. The maximum Gasteiger partial charge on any atom is 0.407 e. The monoisotopic (exact) mass is 198 g/mol. The zero-order valence-electron chi connectivity index (χ0n) is 8.52. The minimum Gasteiger partial charge on any atom is -0.450 e. The lowest BCUT2D eigenvalue weighted by molar-refractivity contribution is 0.148. The molecule has 1 aromatic heterocycles. The van der Waals surface area contributed by atoms with Crippen LogP contribution in [0.5, 0.6) is 0 Å². The lowest BCUT2D eigenvalue weighted by Crippen LogP contribution is -2.28. The molecule has 1 heterocycles. The second kappa shape index (κ2) is 4.59. The van der Waals surface area contributed by atoms with Crippen molar-refractivity contribution in [3.63, 3.8) is 0 Å². The molecule has 0 aliphatic rings. The molecule has 1 unspecified atom stereocenters. The summed E-state index contributed by atoms with van der Waals surface area (Å²) >= 11 is 0. The van der Waals surface area contributed by atoms with E-state index >= 15 is 0 Å². The van der Waals surface area contributed by atoms with Crippen molar-refractivity contribution in [2.45, 2.75) is 19.9 Å². The number of rotatable bonds is 3. The summed E-state index contributed by atoms with van der Waals surface area (Å²) < 4.78 is 6.49. The first-order valence-electron chi connectivity index (χ1n) is 4.42. The van der Waals surface area contributed by atoms with Gasteiger partial charge in [-0.1, -0.05) is 0 Å². The van der Waals surface area contributed by atoms with Crippen LogP contribution in [0.4, 0.5) is 4.79 Å². The number of aryl methyl sites for hydroxylation is 1. The Morgan fingerprint density at radius 3 is 3.00 bits per heavy atom. The van der Waals surface area contributed by atoms with Crippen molar-refractivity contribution < 1.29 is 9.53 Å². The fourth-order valence-corrected chi connectivity index (χ4v) is 1.10. The van der Waals surface area contributed by atoms with Crippen molar-refractivity contribution in [1.82, 2.24) is 20.1 Å². The Morgan fingerprint density at radius 1 is 1.79 bits per heavy atom. The van der Waals surface area contributed by atoms with Gasteiger partial charge in [0.15, 0.2) is 5.82 Å². The van der Waals surface area contributed by atoms with Gasteiger partial charge in [-0.15, -0.1) is 10.2 Å². The van der Waals surface area contributed by atoms with E-state index in [1.807, 2.05) is 14.0 Å². The predicted molar refractivity (Wildman–Crippen MR) is 49.6 cm³/mol. The van der Waals surface area contributed by atoms with Crippen LogP contribution in [0.3, 0.4) is 0 Å². The van der Waals surface area contributed by atoms with Gasteiger partial charge in [-0.25, -0.2) is 4.79 Å². The minimum absolute atomic E-state index is 0.207. The Labute approximate surface area is 82.3 Å². The molecule has 0 aromatic carbocycles. The number of amides is 1. The first kappa shape index (κ1) is 10.5. The third-order valence-electron chi connectivity index (χ3n) is 1.74. The molecule has 1 atom stereocenters. The highest BCUT2D eigenvalue weighted by molar-refractivity contribution is 5.67. The van der Waals surface area contributed by atoms with Crippen LogP contribution in [-0.2, 0) is 11.8 Å². The van der Waals surface area contributed by atoms with E-state index in [0.717, 1.165) is 0 Å². The summed E-state index contributed by atoms with van der Waals surface area (Å²) in [7, 11) is 1.82. The topological polar surface area (TPSA) is 69.0 Å². The molecule has 0 spiro atoms. The van der Waals surface area contributed by atoms with Crippen LogP contribution in [0.25, 0.3) is 0 Å². The Kier molecular flexibility index (Phi) is 3.44. The van der Waals surface area contributed by atoms with Crippen molar-refractivity contribution in [1.29, 1.82) is 0 Å². The highest BCUT2D eigenvalue weighted by Crippen LogP contribution is 2.06. The van der Waals surface area contributed by atoms with Crippen molar-refractivity contribution in [3.8, 4) is 0 Å². The van der Waals surface area contributed by atoms with Crippen LogP contribution < -0.4 is 5.32 Å². The number of aromatic nitrogens is 3. The summed E-state index contributed by atoms with van der Waals surface area (Å²) in [6.45, 7) is 3.94. The van der Waals surface area contributed by atoms with Gasteiger partial charge in [0.05, 0.1) is 12.6 Å². The molecule has 1 amide bonds. The van der Waals surface area contributed by atoms with E-state index in [-0.39, 0.29) is 6.04 Å². The quantitative estimate of drug-likeness (QED) is 0.773. The van der Waals surface area contributed by atoms with Gasteiger partial charge in [0.25, 0.3) is 0 Å². The number of nitrogens with one attached hydrogen (secondary N) is 1. The number of alkyl carbamates (subject to hydrolysis) is 1. The second-order valence-electron chi connectivity index (χ2n) is 2.89. The summed E-state index contributed by atoms with van der Waals surface area (Å²) in [5.74, 6) is 0.693. The van der Waals surface area contributed by atoms with Gasteiger partial charge < -0.3 is 14.6 Å². The molecule has 0 saturated heterocycles. The number of hydrogen-bond acceptors (Lipinski definition) is 4. The molecule has 78 valence electrons. The fraction of sp³-hybridized carbons (Fsp3) is 0.625. The molecule has 6 nitrogen and oxygen atoms in total. The Balaban J connectivity index is 2.54. The average molecular weight is 198 g/mol. The van der Waals surface area contributed by atoms with Crippen LogP contribution in [0.2, 0.25) is 0 Å². The van der Waals surface area contributed by atoms with Crippen LogP contribution in [0.1, 0.15) is 25.7 Å². The molecule has 0 aliphatic carbocycles. The van der Waals surface area contributed by atoms with Crippen LogP contribution in [0.15, 0.2) is 6.33 Å². The summed E-state index contributed by atoms with van der Waals surface area (Å²) in [5, 5.41) is 10.2. The summed E-state index contributed by atoms with van der Waals surface area (Å²) in [4.78, 5) is 11.1. The van der Waals surface area contributed by atoms with Crippen molar-refractivity contribution in [2.75, 3.05) is 6.61 Å². The zero-order valence-corrected chi connectivity index (χ0v) is 8.52. The smallest absolute Gasteiger partial charge is 0.407 e. The molecular weight excluding hydrogens is 184 g/mol. The maximum absolute atomic E-state index is 11.1. The van der Waals surface area contributed by atoms with Gasteiger partial charge in [0, 0.05) is 7.05 Å². The molecule has 0 fully saturated rings. The van der Waals surface area contributed by atoms with E-state index in [2.05, 4.69) is 15.5 Å². The van der Waals surface area contributed by atoms with Crippen LogP contribution >= 0.6 is 0 Å². The normalized spacial score (nSPS) is 12.2. The highest BCUT2D eigenvalue weighted by atomic mass is 16.5. The Hall–Kier alpha value is -1.59. The number of ether oxygens (including phenoxy) is 1. The summed E-state index contributed by atoms with van der Waals surface area (Å²) in [5.41, 5.74) is 0. The highest BCUT2D eigenvalue weighted by Gasteiger charge is 2.14. The molecule has 0 radical (unpaired) electrons. The largest absolute Gasteiger partial charge is 0.450 e. The van der Waals surface area contributed by atoms with Crippen molar-refractivity contribution in [2.24, 2.45) is 7.05 Å². The molecule has 14 heavy (non-hydrogen) atoms. The third kappa shape index (κ3) is 2.45. The molecule has 1 N–H and O–H groups in total. The molecule has 0 aliphatic heterocycles. The van der Waals surface area contributed by atoms with Crippen molar-refractivity contribution >= 4 is 6.09 Å². The van der Waals surface area contributed by atoms with Gasteiger partial charge >= 0.3 is 6.09 Å². The van der Waals surface area contributed by atoms with Gasteiger partial charge in [0.1, 0.15) is 6.33 Å². The van der Waals surface area contributed by atoms with E-state index in [0.29, 0.717) is 12.4 Å². The average Bonchev–Trinajstić information content (AvgIpc) is 2.51. The maximum atomic E-state index is 11.1. The molecule has 0 saturated carbocycles. The predicted octanol–water partition coefficient (Wildman–Crippen LogP) is 0.622. The van der Waals surface area contributed by atoms with E-state index in [1.165, 1.54) is 0 Å². The molecule has 1 aromatic rings. The Morgan fingerprint density at radius 2 is 2.50 bits per heavy atom. The van der Waals surface area contributed by atoms with E-state index in [1.54, 1.807) is 17.8 Å². The SMILES string of the molecule is CCOC(=O)NC(C)c1nncn1C. The molecule has 6 heteroatoms. The fourth-order valence-electron chi connectivity index (χ4n) is 1.10. The minimum atomic E-state index is -0.442. The lowest BCUT2D eigenvalue weighted by atomic mass is 10.3. The third-order valence-corrected chi connectivity index (χ3v) is 1.74. The van der Waals surface area contributed by atoms with Crippen molar-refractivity contribution in [3.05, 3.63) is 12.2 Å². The lowest BCUT2D eigenvalue weighted by Gasteiger charge is -2.12. The summed E-state index contributed by atoms with van der Waals surface area (Å²) in [6, 6.07) is -0.207. The first-order valence-corrected chi connectivity index (χ1v) is 4.42. The molecular formula is C8H14N4O2. The molecule has 0 bridgehead atoms.